The van der Waals surface area contributed by atoms with Gasteiger partial charge in [0, 0.05) is 32.0 Å². The minimum absolute atomic E-state index is 0.100. The van der Waals surface area contributed by atoms with Gasteiger partial charge in [0.1, 0.15) is 0 Å². The van der Waals surface area contributed by atoms with Gasteiger partial charge in [-0.15, -0.1) is 11.3 Å². The molecule has 1 N–H and O–H groups in total. The molecular formula is C19H18F3N5O2S. The van der Waals surface area contributed by atoms with Crippen molar-refractivity contribution in [2.75, 3.05) is 19.6 Å². The lowest BCUT2D eigenvalue weighted by atomic mass is 10.1. The predicted molar refractivity (Wildman–Crippen MR) is 104 cm³/mol. The van der Waals surface area contributed by atoms with E-state index in [9.17, 15) is 22.8 Å². The van der Waals surface area contributed by atoms with Gasteiger partial charge in [0.2, 0.25) is 11.8 Å². The summed E-state index contributed by atoms with van der Waals surface area (Å²) in [6.07, 6.45) is -4.01. The summed E-state index contributed by atoms with van der Waals surface area (Å²) in [5.74, 6) is -0.725. The van der Waals surface area contributed by atoms with E-state index in [2.05, 4.69) is 15.4 Å². The van der Waals surface area contributed by atoms with Gasteiger partial charge in [0.25, 0.3) is 0 Å². The molecule has 0 spiro atoms. The number of fused-ring (bicyclic) bond motifs is 1. The van der Waals surface area contributed by atoms with Gasteiger partial charge in [0.05, 0.1) is 22.8 Å². The highest BCUT2D eigenvalue weighted by molar-refractivity contribution is 7.13. The topological polar surface area (TPSA) is 79.6 Å². The molecular weight excluding hydrogens is 419 g/mol. The first-order valence-electron chi connectivity index (χ1n) is 9.26. The molecule has 0 aromatic carbocycles. The molecule has 0 aliphatic carbocycles. The Morgan fingerprint density at radius 1 is 1.33 bits per heavy atom. The average Bonchev–Trinajstić information content (AvgIpc) is 3.43. The first-order chi connectivity index (χ1) is 14.2. The molecule has 0 unspecified atom stereocenters. The number of hydrogen-bond donors (Lipinski definition) is 1. The van der Waals surface area contributed by atoms with E-state index >= 15 is 0 Å². The zero-order valence-electron chi connectivity index (χ0n) is 15.9. The Bertz CT molecular complexity index is 1090. The second kappa shape index (κ2) is 7.71. The largest absolute Gasteiger partial charge is 0.433 e. The molecule has 0 radical (unpaired) electrons. The van der Waals surface area contributed by atoms with Gasteiger partial charge >= 0.3 is 6.18 Å². The molecule has 7 nitrogen and oxygen atoms in total. The van der Waals surface area contributed by atoms with Crippen molar-refractivity contribution in [3.05, 3.63) is 41.0 Å². The highest BCUT2D eigenvalue weighted by atomic mass is 32.1. The second-order valence-electron chi connectivity index (χ2n) is 7.08. The molecule has 30 heavy (non-hydrogen) atoms. The Morgan fingerprint density at radius 3 is 2.80 bits per heavy atom. The number of likely N-dealkylation sites (tertiary alicyclic amines) is 1. The average molecular weight is 437 g/mol. The van der Waals surface area contributed by atoms with Gasteiger partial charge in [-0.05, 0) is 23.9 Å². The molecule has 11 heteroatoms. The maximum Gasteiger partial charge on any atom is 0.433 e. The fourth-order valence-electron chi connectivity index (χ4n) is 3.48. The van der Waals surface area contributed by atoms with Crippen LogP contribution in [-0.4, -0.2) is 50.9 Å². The minimum atomic E-state index is -4.59. The molecule has 0 saturated carbocycles. The molecule has 3 aromatic rings. The molecule has 4 heterocycles. The fraction of sp³-hybridized carbons (Fsp3) is 0.368. The molecule has 1 aliphatic heterocycles. The van der Waals surface area contributed by atoms with E-state index in [0.29, 0.717) is 30.1 Å². The van der Waals surface area contributed by atoms with E-state index in [4.69, 9.17) is 0 Å². The number of nitrogens with one attached hydrogen (secondary N) is 1. The second-order valence-corrected chi connectivity index (χ2v) is 8.02. The molecule has 1 saturated heterocycles. The summed E-state index contributed by atoms with van der Waals surface area (Å²) in [7, 11) is 0. The van der Waals surface area contributed by atoms with E-state index in [0.717, 1.165) is 10.6 Å². The Balaban J connectivity index is 1.63. The van der Waals surface area contributed by atoms with E-state index in [-0.39, 0.29) is 35.6 Å². The van der Waals surface area contributed by atoms with Crippen molar-refractivity contribution in [3.63, 3.8) is 0 Å². The number of alkyl halides is 3. The third kappa shape index (κ3) is 4.02. The maximum absolute atomic E-state index is 13.7. The summed E-state index contributed by atoms with van der Waals surface area (Å²) in [5.41, 5.74) is -0.0639. The van der Waals surface area contributed by atoms with Gasteiger partial charge in [-0.25, -0.2) is 9.50 Å². The van der Waals surface area contributed by atoms with Crippen molar-refractivity contribution in [1.29, 1.82) is 0 Å². The number of hydrogen-bond acceptors (Lipinski definition) is 5. The summed E-state index contributed by atoms with van der Waals surface area (Å²) in [6, 6.07) is 6.04. The number of halogens is 3. The molecule has 1 atom stereocenters. The van der Waals surface area contributed by atoms with E-state index in [1.165, 1.54) is 18.3 Å². The maximum atomic E-state index is 13.7. The van der Waals surface area contributed by atoms with Gasteiger partial charge in [-0.1, -0.05) is 6.07 Å². The van der Waals surface area contributed by atoms with Crippen LogP contribution in [0, 0.1) is 0 Å². The number of aromatic nitrogens is 3. The number of nitrogens with zero attached hydrogens (tertiary/aromatic N) is 4. The molecule has 3 aromatic heterocycles. The summed E-state index contributed by atoms with van der Waals surface area (Å²) < 4.78 is 41.8. The van der Waals surface area contributed by atoms with Gasteiger partial charge in [0.15, 0.2) is 11.3 Å². The number of amides is 2. The SMILES string of the molecule is CC(=O)NCC(=O)N1CC[C@H](c2cc3nc(-c4cccs4)cc(C(F)(F)F)n3n2)C1. The smallest absolute Gasteiger partial charge is 0.347 e. The summed E-state index contributed by atoms with van der Waals surface area (Å²) in [4.78, 5) is 29.8. The van der Waals surface area contributed by atoms with Gasteiger partial charge < -0.3 is 10.2 Å². The molecule has 1 aliphatic rings. The Morgan fingerprint density at radius 2 is 2.13 bits per heavy atom. The van der Waals surface area contributed by atoms with Crippen LogP contribution in [0.25, 0.3) is 16.2 Å². The first-order valence-corrected chi connectivity index (χ1v) is 10.1. The normalized spacial score (nSPS) is 16.9. The van der Waals surface area contributed by atoms with E-state index < -0.39 is 11.9 Å². The summed E-state index contributed by atoms with van der Waals surface area (Å²) in [5, 5.41) is 8.42. The van der Waals surface area contributed by atoms with Crippen LogP contribution in [0.1, 0.15) is 30.7 Å². The fourth-order valence-corrected chi connectivity index (χ4v) is 4.17. The number of carbonyl (C=O) groups is 2. The number of rotatable bonds is 4. The minimum Gasteiger partial charge on any atom is -0.347 e. The highest BCUT2D eigenvalue weighted by Gasteiger charge is 2.36. The third-order valence-electron chi connectivity index (χ3n) is 4.96. The van der Waals surface area contributed by atoms with Crippen molar-refractivity contribution in [2.45, 2.75) is 25.4 Å². The molecule has 1 fully saturated rings. The zero-order chi connectivity index (χ0) is 21.5. The van der Waals surface area contributed by atoms with E-state index in [1.807, 2.05) is 0 Å². The lowest BCUT2D eigenvalue weighted by Crippen LogP contribution is -2.38. The summed E-state index contributed by atoms with van der Waals surface area (Å²) >= 11 is 1.31. The van der Waals surface area contributed by atoms with Crippen molar-refractivity contribution in [1.82, 2.24) is 24.8 Å². The number of thiophene rings is 1. The van der Waals surface area contributed by atoms with Crippen LogP contribution in [0.5, 0.6) is 0 Å². The monoisotopic (exact) mass is 437 g/mol. The zero-order valence-corrected chi connectivity index (χ0v) is 16.8. The molecule has 0 bridgehead atoms. The standard InChI is InChI=1S/C19H18F3N5O2S/c1-11(28)23-9-18(29)26-5-4-12(10-26)13-8-17-24-14(15-3-2-6-30-15)7-16(19(20,21)22)27(17)25-13/h2-3,6-8,12H,4-5,9-10H2,1H3,(H,23,28)/t12-/m0/s1. The van der Waals surface area contributed by atoms with Crippen LogP contribution in [-0.2, 0) is 15.8 Å². The van der Waals surface area contributed by atoms with Crippen LogP contribution >= 0.6 is 11.3 Å². The van der Waals surface area contributed by atoms with Crippen LogP contribution in [0.2, 0.25) is 0 Å². The van der Waals surface area contributed by atoms with E-state index in [1.54, 1.807) is 28.5 Å². The van der Waals surface area contributed by atoms with Gasteiger partial charge in [-0.3, -0.25) is 9.59 Å². The van der Waals surface area contributed by atoms with Crippen LogP contribution < -0.4 is 5.32 Å². The Kier molecular flexibility index (Phi) is 5.22. The first kappa shape index (κ1) is 20.3. The van der Waals surface area contributed by atoms with Crippen LogP contribution in [0.3, 0.4) is 0 Å². The van der Waals surface area contributed by atoms with Crippen molar-refractivity contribution < 1.29 is 22.8 Å². The highest BCUT2D eigenvalue weighted by Crippen LogP contribution is 2.35. The quantitative estimate of drug-likeness (QED) is 0.681. The third-order valence-corrected chi connectivity index (χ3v) is 5.85. The Hall–Kier alpha value is -2.95. The molecule has 4 rings (SSSR count). The van der Waals surface area contributed by atoms with Gasteiger partial charge in [-0.2, -0.15) is 18.3 Å². The number of carbonyl (C=O) groups excluding carboxylic acids is 2. The van der Waals surface area contributed by atoms with Crippen LogP contribution in [0.15, 0.2) is 29.6 Å². The van der Waals surface area contributed by atoms with Crippen molar-refractivity contribution >= 4 is 28.8 Å². The van der Waals surface area contributed by atoms with Crippen molar-refractivity contribution in [2.24, 2.45) is 0 Å². The predicted octanol–water partition coefficient (Wildman–Crippen LogP) is 2.93. The lowest BCUT2D eigenvalue weighted by molar-refractivity contribution is -0.142. The summed E-state index contributed by atoms with van der Waals surface area (Å²) in [6.45, 7) is 2.02. The van der Waals surface area contributed by atoms with Crippen molar-refractivity contribution in [3.8, 4) is 10.6 Å². The molecule has 2 amide bonds. The lowest BCUT2D eigenvalue weighted by Gasteiger charge is -2.16. The van der Waals surface area contributed by atoms with Crippen LogP contribution in [0.4, 0.5) is 13.2 Å². The molecule has 158 valence electrons. The Labute approximate surface area is 173 Å².